The summed E-state index contributed by atoms with van der Waals surface area (Å²) < 4.78 is 34.9. The SMILES string of the molecule is CCOc1ccccc1CNC(=O)C1CCCN(S(=O)(=O)N2CCCCCC2)C1. The monoisotopic (exact) mass is 423 g/mol. The zero-order valence-corrected chi connectivity index (χ0v) is 18.1. The number of carbonyl (C=O) groups is 1. The highest BCUT2D eigenvalue weighted by Gasteiger charge is 2.35. The smallest absolute Gasteiger partial charge is 0.281 e. The van der Waals surface area contributed by atoms with Crippen LogP contribution in [0, 0.1) is 5.92 Å². The summed E-state index contributed by atoms with van der Waals surface area (Å²) in [6.07, 6.45) is 5.42. The number of hydrogen-bond donors (Lipinski definition) is 1. The van der Waals surface area contributed by atoms with Crippen LogP contribution < -0.4 is 10.1 Å². The van der Waals surface area contributed by atoms with Gasteiger partial charge in [-0.05, 0) is 38.7 Å². The number of ether oxygens (including phenoxy) is 1. The number of nitrogens with zero attached hydrogens (tertiary/aromatic N) is 2. The molecule has 0 bridgehead atoms. The largest absolute Gasteiger partial charge is 0.494 e. The van der Waals surface area contributed by atoms with E-state index in [0.717, 1.165) is 37.0 Å². The average molecular weight is 424 g/mol. The Hall–Kier alpha value is -1.64. The zero-order chi connectivity index (χ0) is 20.7. The van der Waals surface area contributed by atoms with Crippen LogP contribution in [-0.4, -0.2) is 55.7 Å². The fourth-order valence-corrected chi connectivity index (χ4v) is 5.85. The van der Waals surface area contributed by atoms with E-state index in [1.54, 1.807) is 4.31 Å². The van der Waals surface area contributed by atoms with Crippen LogP contribution in [0.5, 0.6) is 5.75 Å². The van der Waals surface area contributed by atoms with Gasteiger partial charge in [0.1, 0.15) is 5.75 Å². The summed E-state index contributed by atoms with van der Waals surface area (Å²) in [6.45, 7) is 4.80. The molecule has 8 heteroatoms. The highest BCUT2D eigenvalue weighted by atomic mass is 32.2. The summed E-state index contributed by atoms with van der Waals surface area (Å²) in [5.41, 5.74) is 0.924. The molecule has 1 N–H and O–H groups in total. The molecule has 2 aliphatic heterocycles. The van der Waals surface area contributed by atoms with E-state index in [0.29, 0.717) is 45.6 Å². The molecule has 2 heterocycles. The maximum atomic E-state index is 13.1. The third-order valence-corrected chi connectivity index (χ3v) is 7.70. The van der Waals surface area contributed by atoms with Crippen molar-refractivity contribution in [1.29, 1.82) is 0 Å². The Morgan fingerprint density at radius 2 is 1.76 bits per heavy atom. The van der Waals surface area contributed by atoms with E-state index >= 15 is 0 Å². The number of amides is 1. The maximum Gasteiger partial charge on any atom is 0.281 e. The average Bonchev–Trinajstić information content (AvgIpc) is 3.03. The lowest BCUT2D eigenvalue weighted by Gasteiger charge is -2.34. The molecular formula is C21H33N3O4S. The molecule has 0 radical (unpaired) electrons. The molecule has 2 fully saturated rings. The Balaban J connectivity index is 1.59. The summed E-state index contributed by atoms with van der Waals surface area (Å²) in [4.78, 5) is 12.8. The van der Waals surface area contributed by atoms with Crippen molar-refractivity contribution < 1.29 is 17.9 Å². The van der Waals surface area contributed by atoms with Gasteiger partial charge in [0, 0.05) is 38.3 Å². The summed E-state index contributed by atoms with van der Waals surface area (Å²) in [5, 5.41) is 2.97. The highest BCUT2D eigenvalue weighted by molar-refractivity contribution is 7.86. The Kier molecular flexibility index (Phi) is 7.91. The van der Waals surface area contributed by atoms with Crippen molar-refractivity contribution in [1.82, 2.24) is 13.9 Å². The summed E-state index contributed by atoms with van der Waals surface area (Å²) in [7, 11) is -3.49. The van der Waals surface area contributed by atoms with Gasteiger partial charge >= 0.3 is 0 Å². The van der Waals surface area contributed by atoms with Crippen LogP contribution >= 0.6 is 0 Å². The molecule has 162 valence electrons. The predicted octanol–water partition coefficient (Wildman–Crippen LogP) is 2.53. The second kappa shape index (κ2) is 10.4. The van der Waals surface area contributed by atoms with Gasteiger partial charge in [0.15, 0.2) is 0 Å². The molecule has 0 saturated carbocycles. The molecule has 2 saturated heterocycles. The lowest BCUT2D eigenvalue weighted by molar-refractivity contribution is -0.126. The van der Waals surface area contributed by atoms with Gasteiger partial charge in [0.2, 0.25) is 5.91 Å². The first-order valence-electron chi connectivity index (χ1n) is 10.8. The van der Waals surface area contributed by atoms with Crippen molar-refractivity contribution in [3.63, 3.8) is 0 Å². The molecule has 1 aromatic rings. The maximum absolute atomic E-state index is 13.1. The molecule has 1 amide bonds. The number of carbonyl (C=O) groups excluding carboxylic acids is 1. The summed E-state index contributed by atoms with van der Waals surface area (Å²) >= 11 is 0. The van der Waals surface area contributed by atoms with E-state index in [-0.39, 0.29) is 18.4 Å². The Morgan fingerprint density at radius 1 is 1.07 bits per heavy atom. The van der Waals surface area contributed by atoms with Crippen molar-refractivity contribution in [2.75, 3.05) is 32.8 Å². The minimum atomic E-state index is -3.49. The Labute approximate surface area is 174 Å². The van der Waals surface area contributed by atoms with E-state index in [1.807, 2.05) is 31.2 Å². The molecule has 29 heavy (non-hydrogen) atoms. The van der Waals surface area contributed by atoms with E-state index in [4.69, 9.17) is 4.74 Å². The summed E-state index contributed by atoms with van der Waals surface area (Å²) in [5.74, 6) is 0.362. The van der Waals surface area contributed by atoms with Gasteiger partial charge in [-0.25, -0.2) is 0 Å². The van der Waals surface area contributed by atoms with Crippen LogP contribution in [0.25, 0.3) is 0 Å². The second-order valence-electron chi connectivity index (χ2n) is 7.78. The first-order chi connectivity index (χ1) is 14.0. The second-order valence-corrected chi connectivity index (χ2v) is 9.71. The number of piperidine rings is 1. The minimum Gasteiger partial charge on any atom is -0.494 e. The molecule has 0 aromatic heterocycles. The van der Waals surface area contributed by atoms with Crippen LogP contribution in [0.3, 0.4) is 0 Å². The minimum absolute atomic E-state index is 0.0907. The molecule has 1 aromatic carbocycles. The van der Waals surface area contributed by atoms with Crippen molar-refractivity contribution in [2.24, 2.45) is 5.92 Å². The van der Waals surface area contributed by atoms with Crippen molar-refractivity contribution >= 4 is 16.1 Å². The lowest BCUT2D eigenvalue weighted by Crippen LogP contribution is -2.50. The van der Waals surface area contributed by atoms with Gasteiger partial charge in [-0.15, -0.1) is 0 Å². The highest BCUT2D eigenvalue weighted by Crippen LogP contribution is 2.24. The molecule has 2 aliphatic rings. The fraction of sp³-hybridized carbons (Fsp3) is 0.667. The normalized spacial score (nSPS) is 22.0. The van der Waals surface area contributed by atoms with E-state index in [2.05, 4.69) is 5.32 Å². The molecule has 3 rings (SSSR count). The van der Waals surface area contributed by atoms with Crippen LogP contribution in [0.4, 0.5) is 0 Å². The standard InChI is InChI=1S/C21H33N3O4S/c1-2-28-20-12-6-5-10-18(20)16-22-21(25)19-11-9-15-24(17-19)29(26,27)23-13-7-3-4-8-14-23/h5-6,10,12,19H,2-4,7-9,11,13-17H2,1H3,(H,22,25). The fourth-order valence-electron chi connectivity index (χ4n) is 4.07. The number of benzene rings is 1. The van der Waals surface area contributed by atoms with Crippen molar-refractivity contribution in [2.45, 2.75) is 52.0 Å². The van der Waals surface area contributed by atoms with Gasteiger partial charge in [-0.1, -0.05) is 31.0 Å². The molecular weight excluding hydrogens is 390 g/mol. The van der Waals surface area contributed by atoms with Gasteiger partial charge in [0.05, 0.1) is 12.5 Å². The molecule has 1 atom stereocenters. The van der Waals surface area contributed by atoms with Crippen LogP contribution in [0.2, 0.25) is 0 Å². The number of rotatable bonds is 7. The third-order valence-electron chi connectivity index (χ3n) is 5.70. The Morgan fingerprint density at radius 3 is 2.48 bits per heavy atom. The third kappa shape index (κ3) is 5.71. The zero-order valence-electron chi connectivity index (χ0n) is 17.3. The lowest BCUT2D eigenvalue weighted by atomic mass is 9.98. The van der Waals surface area contributed by atoms with Crippen molar-refractivity contribution in [3.8, 4) is 5.75 Å². The van der Waals surface area contributed by atoms with Crippen LogP contribution in [-0.2, 0) is 21.5 Å². The Bertz CT molecular complexity index is 776. The quantitative estimate of drug-likeness (QED) is 0.731. The molecule has 0 spiro atoms. The van der Waals surface area contributed by atoms with Crippen LogP contribution in [0.15, 0.2) is 24.3 Å². The van der Waals surface area contributed by atoms with Gasteiger partial charge in [-0.3, -0.25) is 4.79 Å². The molecule has 1 unspecified atom stereocenters. The van der Waals surface area contributed by atoms with Crippen molar-refractivity contribution in [3.05, 3.63) is 29.8 Å². The topological polar surface area (TPSA) is 79.0 Å². The van der Waals surface area contributed by atoms with Gasteiger partial charge in [0.25, 0.3) is 10.2 Å². The van der Waals surface area contributed by atoms with Gasteiger partial charge in [-0.2, -0.15) is 17.0 Å². The first-order valence-corrected chi connectivity index (χ1v) is 12.2. The number of hydrogen-bond acceptors (Lipinski definition) is 4. The van der Waals surface area contributed by atoms with E-state index in [1.165, 1.54) is 4.31 Å². The van der Waals surface area contributed by atoms with Crippen LogP contribution in [0.1, 0.15) is 51.0 Å². The van der Waals surface area contributed by atoms with E-state index in [9.17, 15) is 13.2 Å². The predicted molar refractivity (Wildman–Crippen MR) is 113 cm³/mol. The van der Waals surface area contributed by atoms with Gasteiger partial charge < -0.3 is 10.1 Å². The number of nitrogens with one attached hydrogen (secondary N) is 1. The number of para-hydroxylation sites is 1. The molecule has 0 aliphatic carbocycles. The molecule has 7 nitrogen and oxygen atoms in total. The summed E-state index contributed by atoms with van der Waals surface area (Å²) in [6, 6.07) is 7.65. The first kappa shape index (κ1) is 22.1. The van der Waals surface area contributed by atoms with E-state index < -0.39 is 10.2 Å².